The second kappa shape index (κ2) is 5.54. The summed E-state index contributed by atoms with van der Waals surface area (Å²) in [7, 11) is 0. The molecule has 0 aliphatic carbocycles. The van der Waals surface area contributed by atoms with E-state index in [0.717, 1.165) is 4.47 Å². The van der Waals surface area contributed by atoms with E-state index in [1.807, 2.05) is 0 Å². The fraction of sp³-hybridized carbons (Fsp3) is 0.0769. The minimum absolute atomic E-state index is 0.222. The first kappa shape index (κ1) is 13.8. The van der Waals surface area contributed by atoms with E-state index in [-0.39, 0.29) is 10.9 Å². The Morgan fingerprint density at radius 3 is 2.74 bits per heavy atom. The SMILES string of the molecule is Cc1cc(C(=O)Nc2ccc(Br)cc2C(N)=S)co1. The summed E-state index contributed by atoms with van der Waals surface area (Å²) in [5, 5.41) is 2.76. The quantitative estimate of drug-likeness (QED) is 0.843. The lowest BCUT2D eigenvalue weighted by Crippen LogP contribution is -2.17. The number of carbonyl (C=O) groups is 1. The predicted molar refractivity (Wildman–Crippen MR) is 81.4 cm³/mol. The van der Waals surface area contributed by atoms with Gasteiger partial charge in [-0.2, -0.15) is 0 Å². The summed E-state index contributed by atoms with van der Waals surface area (Å²) in [5.41, 5.74) is 7.27. The number of nitrogens with one attached hydrogen (secondary N) is 1. The molecule has 1 aromatic heterocycles. The van der Waals surface area contributed by atoms with Gasteiger partial charge < -0.3 is 15.5 Å². The van der Waals surface area contributed by atoms with E-state index >= 15 is 0 Å². The Kier molecular flexibility index (Phi) is 4.01. The normalized spacial score (nSPS) is 10.2. The van der Waals surface area contributed by atoms with Gasteiger partial charge in [-0.25, -0.2) is 0 Å². The summed E-state index contributed by atoms with van der Waals surface area (Å²) >= 11 is 8.31. The highest BCUT2D eigenvalue weighted by Gasteiger charge is 2.12. The largest absolute Gasteiger partial charge is 0.469 e. The van der Waals surface area contributed by atoms with Crippen LogP contribution in [0.5, 0.6) is 0 Å². The molecule has 0 fully saturated rings. The molecule has 1 amide bonds. The smallest absolute Gasteiger partial charge is 0.258 e. The summed E-state index contributed by atoms with van der Waals surface area (Å²) in [6, 6.07) is 6.97. The Morgan fingerprint density at radius 1 is 1.42 bits per heavy atom. The van der Waals surface area contributed by atoms with Crippen molar-refractivity contribution in [2.24, 2.45) is 5.73 Å². The molecule has 0 atom stereocenters. The highest BCUT2D eigenvalue weighted by molar-refractivity contribution is 9.10. The third kappa shape index (κ3) is 3.21. The lowest BCUT2D eigenvalue weighted by molar-refractivity contribution is 0.102. The second-order valence-electron chi connectivity index (χ2n) is 3.95. The number of hydrogen-bond donors (Lipinski definition) is 2. The highest BCUT2D eigenvalue weighted by atomic mass is 79.9. The molecule has 2 aromatic rings. The molecule has 6 heteroatoms. The van der Waals surface area contributed by atoms with E-state index in [2.05, 4.69) is 21.2 Å². The summed E-state index contributed by atoms with van der Waals surface area (Å²) in [5.74, 6) is 0.409. The number of anilines is 1. The van der Waals surface area contributed by atoms with Crippen molar-refractivity contribution in [1.29, 1.82) is 0 Å². The first-order chi connectivity index (χ1) is 8.97. The molecule has 4 nitrogen and oxygen atoms in total. The van der Waals surface area contributed by atoms with Crippen LogP contribution in [0.3, 0.4) is 0 Å². The van der Waals surface area contributed by atoms with Crippen LogP contribution in [0.1, 0.15) is 21.7 Å². The molecule has 3 N–H and O–H groups in total. The topological polar surface area (TPSA) is 68.3 Å². The number of carbonyl (C=O) groups excluding carboxylic acids is 1. The van der Waals surface area contributed by atoms with Crippen molar-refractivity contribution in [1.82, 2.24) is 0 Å². The van der Waals surface area contributed by atoms with Crippen LogP contribution in [0.4, 0.5) is 5.69 Å². The Labute approximate surface area is 124 Å². The maximum absolute atomic E-state index is 12.0. The molecule has 0 spiro atoms. The first-order valence-corrected chi connectivity index (χ1v) is 6.63. The second-order valence-corrected chi connectivity index (χ2v) is 5.31. The van der Waals surface area contributed by atoms with Crippen molar-refractivity contribution in [2.45, 2.75) is 6.92 Å². The number of thiocarbonyl (C=S) groups is 1. The van der Waals surface area contributed by atoms with Gasteiger partial charge in [-0.1, -0.05) is 28.1 Å². The van der Waals surface area contributed by atoms with Gasteiger partial charge in [0.25, 0.3) is 5.91 Å². The van der Waals surface area contributed by atoms with Crippen molar-refractivity contribution in [3.05, 3.63) is 51.9 Å². The van der Waals surface area contributed by atoms with Gasteiger partial charge in [-0.3, -0.25) is 4.79 Å². The number of halogens is 1. The third-order valence-electron chi connectivity index (χ3n) is 2.49. The molecule has 1 aromatic carbocycles. The molecule has 0 saturated heterocycles. The third-order valence-corrected chi connectivity index (χ3v) is 3.20. The van der Waals surface area contributed by atoms with Gasteiger partial charge in [0, 0.05) is 10.0 Å². The Morgan fingerprint density at radius 2 is 2.16 bits per heavy atom. The van der Waals surface area contributed by atoms with Gasteiger partial charge in [0.2, 0.25) is 0 Å². The monoisotopic (exact) mass is 338 g/mol. The van der Waals surface area contributed by atoms with E-state index in [1.165, 1.54) is 6.26 Å². The van der Waals surface area contributed by atoms with Crippen molar-refractivity contribution >= 4 is 44.7 Å². The minimum Gasteiger partial charge on any atom is -0.469 e. The Bertz CT molecular complexity index is 652. The van der Waals surface area contributed by atoms with Gasteiger partial charge in [-0.15, -0.1) is 0 Å². The van der Waals surface area contributed by atoms with Crippen molar-refractivity contribution < 1.29 is 9.21 Å². The molecule has 0 bridgehead atoms. The highest BCUT2D eigenvalue weighted by Crippen LogP contribution is 2.22. The standard InChI is InChI=1S/C13H11BrN2O2S/c1-7-4-8(6-18-7)13(17)16-11-3-2-9(14)5-10(11)12(15)19/h2-6H,1H3,(H2,15,19)(H,16,17). The number of nitrogens with two attached hydrogens (primary N) is 1. The maximum Gasteiger partial charge on any atom is 0.258 e. The van der Waals surface area contributed by atoms with E-state index < -0.39 is 0 Å². The lowest BCUT2D eigenvalue weighted by atomic mass is 10.1. The van der Waals surface area contributed by atoms with Crippen molar-refractivity contribution in [3.8, 4) is 0 Å². The number of rotatable bonds is 3. The van der Waals surface area contributed by atoms with Crippen LogP contribution in [0.2, 0.25) is 0 Å². The molecular formula is C13H11BrN2O2S. The van der Waals surface area contributed by atoms with Crippen LogP contribution in [0.25, 0.3) is 0 Å². The number of amides is 1. The van der Waals surface area contributed by atoms with E-state index in [1.54, 1.807) is 31.2 Å². The van der Waals surface area contributed by atoms with Gasteiger partial charge in [0.05, 0.1) is 11.3 Å². The fourth-order valence-electron chi connectivity index (χ4n) is 1.59. The molecule has 98 valence electrons. The van der Waals surface area contributed by atoms with Crippen LogP contribution in [0, 0.1) is 6.92 Å². The molecule has 0 aliphatic heterocycles. The van der Waals surface area contributed by atoms with Crippen molar-refractivity contribution in [2.75, 3.05) is 5.32 Å². The number of furan rings is 1. The Balaban J connectivity index is 2.28. The fourth-order valence-corrected chi connectivity index (χ4v) is 2.12. The van der Waals surface area contributed by atoms with Gasteiger partial charge in [-0.05, 0) is 31.2 Å². The van der Waals surface area contributed by atoms with Crippen LogP contribution < -0.4 is 11.1 Å². The van der Waals surface area contributed by atoms with Crippen LogP contribution in [0.15, 0.2) is 39.4 Å². The summed E-state index contributed by atoms with van der Waals surface area (Å²) in [6.45, 7) is 1.77. The van der Waals surface area contributed by atoms with Crippen LogP contribution in [-0.4, -0.2) is 10.9 Å². The molecule has 1 heterocycles. The Hall–Kier alpha value is -1.66. The average Bonchev–Trinajstić information content (AvgIpc) is 2.78. The zero-order valence-corrected chi connectivity index (χ0v) is 12.5. The molecule has 0 radical (unpaired) electrons. The summed E-state index contributed by atoms with van der Waals surface area (Å²) < 4.78 is 5.94. The molecule has 0 saturated carbocycles. The van der Waals surface area contributed by atoms with Gasteiger partial charge in [0.1, 0.15) is 17.0 Å². The van der Waals surface area contributed by atoms with E-state index in [4.69, 9.17) is 22.4 Å². The number of hydrogen-bond acceptors (Lipinski definition) is 3. The molecular weight excluding hydrogens is 328 g/mol. The summed E-state index contributed by atoms with van der Waals surface area (Å²) in [6.07, 6.45) is 1.41. The molecule has 0 unspecified atom stereocenters. The lowest BCUT2D eigenvalue weighted by Gasteiger charge is -2.09. The molecule has 19 heavy (non-hydrogen) atoms. The number of benzene rings is 1. The van der Waals surface area contributed by atoms with Crippen LogP contribution >= 0.6 is 28.1 Å². The maximum atomic E-state index is 12.0. The number of aryl methyl sites for hydroxylation is 1. The molecule has 0 aliphatic rings. The summed E-state index contributed by atoms with van der Waals surface area (Å²) in [4.78, 5) is 12.2. The van der Waals surface area contributed by atoms with Gasteiger partial charge in [0.15, 0.2) is 0 Å². The van der Waals surface area contributed by atoms with Crippen LogP contribution in [-0.2, 0) is 0 Å². The zero-order valence-electron chi connectivity index (χ0n) is 10.1. The van der Waals surface area contributed by atoms with E-state index in [0.29, 0.717) is 22.6 Å². The zero-order chi connectivity index (χ0) is 14.0. The average molecular weight is 339 g/mol. The molecule has 2 rings (SSSR count). The van der Waals surface area contributed by atoms with Crippen molar-refractivity contribution in [3.63, 3.8) is 0 Å². The van der Waals surface area contributed by atoms with Gasteiger partial charge >= 0.3 is 0 Å². The predicted octanol–water partition coefficient (Wildman–Crippen LogP) is 3.24. The first-order valence-electron chi connectivity index (χ1n) is 5.43. The minimum atomic E-state index is -0.267. The van der Waals surface area contributed by atoms with E-state index in [9.17, 15) is 4.79 Å².